The molecule has 9 nitrogen and oxygen atoms in total. The van der Waals surface area contributed by atoms with Crippen LogP contribution in [0.1, 0.15) is 32.6 Å². The number of carbonyl (C=O) groups excluding carboxylic acids is 1. The van der Waals surface area contributed by atoms with Crippen LogP contribution < -0.4 is 10.0 Å². The molecule has 2 aromatic rings. The molecule has 0 heterocycles. The first kappa shape index (κ1) is 27.3. The van der Waals surface area contributed by atoms with Crippen molar-refractivity contribution in [3.05, 3.63) is 54.6 Å². The molecule has 192 valence electrons. The van der Waals surface area contributed by atoms with E-state index >= 15 is 0 Å². The van der Waals surface area contributed by atoms with Crippen molar-refractivity contribution in [3.8, 4) is 0 Å². The first-order valence-corrected chi connectivity index (χ1v) is 14.5. The Morgan fingerprint density at radius 1 is 0.971 bits per heavy atom. The summed E-state index contributed by atoms with van der Waals surface area (Å²) in [6.07, 6.45) is 3.82. The minimum absolute atomic E-state index is 0.000476. The first-order valence-electron chi connectivity index (χ1n) is 11.6. The van der Waals surface area contributed by atoms with E-state index in [1.807, 2.05) is 6.92 Å². The lowest BCUT2D eigenvalue weighted by Gasteiger charge is -2.29. The molecule has 1 saturated carbocycles. The van der Waals surface area contributed by atoms with Crippen LogP contribution >= 0.6 is 0 Å². The molecule has 1 amide bonds. The monoisotopic (exact) mass is 523 g/mol. The molecule has 11 heteroatoms. The van der Waals surface area contributed by atoms with Gasteiger partial charge in [-0.1, -0.05) is 38.0 Å². The Balaban J connectivity index is 1.75. The van der Waals surface area contributed by atoms with Crippen LogP contribution in [0.2, 0.25) is 0 Å². The molecular formula is C24H33N3O6S2. The van der Waals surface area contributed by atoms with Gasteiger partial charge in [0, 0.05) is 25.4 Å². The normalized spacial score (nSPS) is 18.9. The SMILES string of the molecule is COCCN(CC(=O)Nc1ccccc1)S(=O)(=O)c1ccc(S(=O)(=O)N[C@H]2CCCC[C@@H]2C)cc1. The van der Waals surface area contributed by atoms with Crippen LogP contribution in [0.4, 0.5) is 5.69 Å². The number of amides is 1. The van der Waals surface area contributed by atoms with Gasteiger partial charge in [0.2, 0.25) is 26.0 Å². The third-order valence-electron chi connectivity index (χ3n) is 6.11. The van der Waals surface area contributed by atoms with Gasteiger partial charge < -0.3 is 10.1 Å². The van der Waals surface area contributed by atoms with Crippen molar-refractivity contribution in [2.45, 2.75) is 48.4 Å². The Hall–Kier alpha value is -2.31. The summed E-state index contributed by atoms with van der Waals surface area (Å²) in [6, 6.07) is 13.7. The number of carbonyl (C=O) groups is 1. The van der Waals surface area contributed by atoms with Crippen LogP contribution in [0.25, 0.3) is 0 Å². The molecule has 0 unspecified atom stereocenters. The van der Waals surface area contributed by atoms with Gasteiger partial charge in [0.05, 0.1) is 22.9 Å². The number of ether oxygens (including phenoxy) is 1. The fourth-order valence-electron chi connectivity index (χ4n) is 4.06. The minimum atomic E-state index is -4.08. The zero-order valence-corrected chi connectivity index (χ0v) is 21.6. The average molecular weight is 524 g/mol. The second-order valence-corrected chi connectivity index (χ2v) is 12.4. The van der Waals surface area contributed by atoms with Crippen molar-refractivity contribution in [1.29, 1.82) is 0 Å². The van der Waals surface area contributed by atoms with Gasteiger partial charge in [-0.25, -0.2) is 21.6 Å². The van der Waals surface area contributed by atoms with E-state index in [9.17, 15) is 21.6 Å². The maximum Gasteiger partial charge on any atom is 0.243 e. The lowest BCUT2D eigenvalue weighted by molar-refractivity contribution is -0.116. The quantitative estimate of drug-likeness (QED) is 0.467. The van der Waals surface area contributed by atoms with Crippen molar-refractivity contribution in [1.82, 2.24) is 9.03 Å². The molecule has 1 aliphatic carbocycles. The molecule has 2 N–H and O–H groups in total. The van der Waals surface area contributed by atoms with E-state index in [2.05, 4.69) is 10.0 Å². The van der Waals surface area contributed by atoms with Gasteiger partial charge in [-0.2, -0.15) is 4.31 Å². The smallest absolute Gasteiger partial charge is 0.243 e. The number of hydrogen-bond acceptors (Lipinski definition) is 6. The molecule has 0 aromatic heterocycles. The second-order valence-electron chi connectivity index (χ2n) is 8.71. The van der Waals surface area contributed by atoms with Crippen molar-refractivity contribution >= 4 is 31.6 Å². The number of methoxy groups -OCH3 is 1. The summed E-state index contributed by atoms with van der Waals surface area (Å²) in [5.41, 5.74) is 0.552. The van der Waals surface area contributed by atoms with E-state index in [4.69, 9.17) is 4.74 Å². The van der Waals surface area contributed by atoms with E-state index in [0.29, 0.717) is 5.69 Å². The standard InChI is InChI=1S/C24H33N3O6S2/c1-19-8-6-7-11-23(19)26-34(29,30)21-12-14-22(15-13-21)35(31,32)27(16-17-33-2)18-24(28)25-20-9-4-3-5-10-20/h3-5,9-10,12-15,19,23,26H,6-8,11,16-18H2,1-2H3,(H,25,28)/t19-,23-/m0/s1. The number of rotatable bonds is 11. The predicted octanol–water partition coefficient (Wildman–Crippen LogP) is 2.82. The number of nitrogens with one attached hydrogen (secondary N) is 2. The number of para-hydroxylation sites is 1. The molecule has 2 atom stereocenters. The lowest BCUT2D eigenvalue weighted by atomic mass is 9.87. The molecule has 0 spiro atoms. The second kappa shape index (κ2) is 12.1. The summed E-state index contributed by atoms with van der Waals surface area (Å²) >= 11 is 0. The van der Waals surface area contributed by atoms with Gasteiger partial charge in [-0.05, 0) is 55.2 Å². The highest BCUT2D eigenvalue weighted by Gasteiger charge is 2.29. The van der Waals surface area contributed by atoms with Crippen LogP contribution in [0.15, 0.2) is 64.4 Å². The molecule has 2 aromatic carbocycles. The van der Waals surface area contributed by atoms with Gasteiger partial charge in [-0.3, -0.25) is 4.79 Å². The van der Waals surface area contributed by atoms with Crippen molar-refractivity contribution in [2.24, 2.45) is 5.92 Å². The Kier molecular flexibility index (Phi) is 9.42. The molecule has 0 bridgehead atoms. The van der Waals surface area contributed by atoms with E-state index < -0.39 is 32.5 Å². The lowest BCUT2D eigenvalue weighted by Crippen LogP contribution is -2.41. The average Bonchev–Trinajstić information content (AvgIpc) is 2.83. The van der Waals surface area contributed by atoms with Crippen molar-refractivity contribution in [2.75, 3.05) is 32.1 Å². The highest BCUT2D eigenvalue weighted by atomic mass is 32.2. The molecule has 1 aliphatic rings. The maximum atomic E-state index is 13.3. The molecule has 35 heavy (non-hydrogen) atoms. The Bertz CT molecular complexity index is 1190. The first-order chi connectivity index (χ1) is 16.6. The molecule has 0 aliphatic heterocycles. The Morgan fingerprint density at radius 3 is 2.23 bits per heavy atom. The number of hydrogen-bond donors (Lipinski definition) is 2. The van der Waals surface area contributed by atoms with Gasteiger partial charge >= 0.3 is 0 Å². The zero-order valence-electron chi connectivity index (χ0n) is 20.0. The summed E-state index contributed by atoms with van der Waals surface area (Å²) in [5.74, 6) is -0.254. The maximum absolute atomic E-state index is 13.3. The van der Waals surface area contributed by atoms with E-state index in [1.54, 1.807) is 30.3 Å². The fraction of sp³-hybridized carbons (Fsp3) is 0.458. The third-order valence-corrected chi connectivity index (χ3v) is 9.48. The summed E-state index contributed by atoms with van der Waals surface area (Å²) in [4.78, 5) is 12.4. The van der Waals surface area contributed by atoms with E-state index in [0.717, 1.165) is 30.0 Å². The van der Waals surface area contributed by atoms with Crippen LogP contribution in [0, 0.1) is 5.92 Å². The summed E-state index contributed by atoms with van der Waals surface area (Å²) in [7, 11) is -6.43. The number of anilines is 1. The van der Waals surface area contributed by atoms with Crippen LogP contribution in [0.5, 0.6) is 0 Å². The van der Waals surface area contributed by atoms with Gasteiger partial charge in [0.25, 0.3) is 0 Å². The highest BCUT2D eigenvalue weighted by Crippen LogP contribution is 2.26. The van der Waals surface area contributed by atoms with Crippen LogP contribution in [-0.2, 0) is 29.6 Å². The van der Waals surface area contributed by atoms with Crippen LogP contribution in [-0.4, -0.2) is 59.9 Å². The zero-order chi connectivity index (χ0) is 25.5. The van der Waals surface area contributed by atoms with Crippen LogP contribution in [0.3, 0.4) is 0 Å². The molecule has 0 saturated heterocycles. The number of sulfonamides is 2. The summed E-state index contributed by atoms with van der Waals surface area (Å²) in [5, 5.41) is 2.67. The predicted molar refractivity (Wildman–Crippen MR) is 134 cm³/mol. The van der Waals surface area contributed by atoms with Crippen molar-refractivity contribution < 1.29 is 26.4 Å². The number of benzene rings is 2. The molecular weight excluding hydrogens is 490 g/mol. The van der Waals surface area contributed by atoms with Gasteiger partial charge in [0.15, 0.2) is 0 Å². The van der Waals surface area contributed by atoms with Crippen molar-refractivity contribution in [3.63, 3.8) is 0 Å². The molecule has 0 radical (unpaired) electrons. The minimum Gasteiger partial charge on any atom is -0.383 e. The van der Waals surface area contributed by atoms with Gasteiger partial charge in [0.1, 0.15) is 0 Å². The summed E-state index contributed by atoms with van der Waals surface area (Å²) in [6.45, 7) is 1.67. The Morgan fingerprint density at radius 2 is 1.60 bits per heavy atom. The van der Waals surface area contributed by atoms with E-state index in [-0.39, 0.29) is 34.9 Å². The largest absolute Gasteiger partial charge is 0.383 e. The Labute approximate surface area is 208 Å². The van der Waals surface area contributed by atoms with E-state index in [1.165, 1.54) is 31.4 Å². The number of nitrogens with zero attached hydrogens (tertiary/aromatic N) is 1. The molecule has 1 fully saturated rings. The fourth-order valence-corrected chi connectivity index (χ4v) is 6.82. The summed E-state index contributed by atoms with van der Waals surface area (Å²) < 4.78 is 61.1. The molecule has 3 rings (SSSR count). The van der Waals surface area contributed by atoms with Gasteiger partial charge in [-0.15, -0.1) is 0 Å². The topological polar surface area (TPSA) is 122 Å². The highest BCUT2D eigenvalue weighted by molar-refractivity contribution is 7.89. The third kappa shape index (κ3) is 7.34.